The molecule has 0 saturated carbocycles. The highest BCUT2D eigenvalue weighted by Gasteiger charge is 2.09. The standard InChI is InChI=1S/C19H23NO3/c1-3-13-22-17-9-11-18(12-10-17)23-14-19(21)20-15(2)16-7-5-4-6-8-16/h4-12,15H,3,13-14H2,1-2H3,(H,20,21). The van der Waals surface area contributed by atoms with E-state index < -0.39 is 0 Å². The van der Waals surface area contributed by atoms with Gasteiger partial charge in [-0.15, -0.1) is 0 Å². The number of ether oxygens (including phenoxy) is 2. The number of hydrogen-bond donors (Lipinski definition) is 1. The number of rotatable bonds is 8. The SMILES string of the molecule is CCCOc1ccc(OCC(=O)NC(C)c2ccccc2)cc1. The molecule has 0 radical (unpaired) electrons. The van der Waals surface area contributed by atoms with Gasteiger partial charge in [-0.3, -0.25) is 4.79 Å². The minimum atomic E-state index is -0.146. The number of hydrogen-bond acceptors (Lipinski definition) is 3. The normalized spacial score (nSPS) is 11.6. The van der Waals surface area contributed by atoms with Gasteiger partial charge >= 0.3 is 0 Å². The summed E-state index contributed by atoms with van der Waals surface area (Å²) in [7, 11) is 0. The monoisotopic (exact) mass is 313 g/mol. The van der Waals surface area contributed by atoms with Crippen LogP contribution in [0, 0.1) is 0 Å². The van der Waals surface area contributed by atoms with E-state index in [1.807, 2.05) is 49.4 Å². The smallest absolute Gasteiger partial charge is 0.258 e. The number of carbonyl (C=O) groups excluding carboxylic acids is 1. The Morgan fingerprint density at radius 2 is 1.61 bits per heavy atom. The zero-order valence-corrected chi connectivity index (χ0v) is 13.6. The number of amides is 1. The van der Waals surface area contributed by atoms with Crippen LogP contribution in [-0.4, -0.2) is 19.1 Å². The summed E-state index contributed by atoms with van der Waals surface area (Å²) < 4.78 is 11.0. The zero-order chi connectivity index (χ0) is 16.5. The molecule has 0 aliphatic rings. The van der Waals surface area contributed by atoms with Crippen LogP contribution in [0.25, 0.3) is 0 Å². The second-order valence-corrected chi connectivity index (χ2v) is 5.31. The molecule has 0 spiro atoms. The summed E-state index contributed by atoms with van der Waals surface area (Å²) in [4.78, 5) is 11.9. The summed E-state index contributed by atoms with van der Waals surface area (Å²) in [5.74, 6) is 1.31. The zero-order valence-electron chi connectivity index (χ0n) is 13.6. The Balaban J connectivity index is 1.77. The van der Waals surface area contributed by atoms with Gasteiger partial charge < -0.3 is 14.8 Å². The third kappa shape index (κ3) is 5.66. The first-order chi connectivity index (χ1) is 11.2. The number of nitrogens with one attached hydrogen (secondary N) is 1. The van der Waals surface area contributed by atoms with Crippen molar-refractivity contribution in [1.29, 1.82) is 0 Å². The van der Waals surface area contributed by atoms with Gasteiger partial charge in [0.25, 0.3) is 5.91 Å². The van der Waals surface area contributed by atoms with Gasteiger partial charge in [0.05, 0.1) is 12.6 Å². The maximum Gasteiger partial charge on any atom is 0.258 e. The van der Waals surface area contributed by atoms with Crippen LogP contribution in [0.5, 0.6) is 11.5 Å². The average molecular weight is 313 g/mol. The maximum atomic E-state index is 11.9. The van der Waals surface area contributed by atoms with Crippen molar-refractivity contribution in [3.8, 4) is 11.5 Å². The maximum absolute atomic E-state index is 11.9. The Morgan fingerprint density at radius 1 is 1.00 bits per heavy atom. The second-order valence-electron chi connectivity index (χ2n) is 5.31. The van der Waals surface area contributed by atoms with Crippen molar-refractivity contribution in [2.75, 3.05) is 13.2 Å². The average Bonchev–Trinajstić information content (AvgIpc) is 2.59. The van der Waals surface area contributed by atoms with Crippen LogP contribution >= 0.6 is 0 Å². The Hall–Kier alpha value is -2.49. The molecular weight excluding hydrogens is 290 g/mol. The van der Waals surface area contributed by atoms with E-state index in [9.17, 15) is 4.79 Å². The molecule has 2 rings (SSSR count). The lowest BCUT2D eigenvalue weighted by Crippen LogP contribution is -2.31. The molecule has 0 bridgehead atoms. The molecule has 1 unspecified atom stereocenters. The molecule has 4 heteroatoms. The lowest BCUT2D eigenvalue weighted by atomic mass is 10.1. The lowest BCUT2D eigenvalue weighted by molar-refractivity contribution is -0.123. The van der Waals surface area contributed by atoms with Crippen molar-refractivity contribution in [1.82, 2.24) is 5.32 Å². The predicted molar refractivity (Wildman–Crippen MR) is 90.7 cm³/mol. The summed E-state index contributed by atoms with van der Waals surface area (Å²) in [6, 6.07) is 17.1. The summed E-state index contributed by atoms with van der Waals surface area (Å²) in [5.41, 5.74) is 1.07. The van der Waals surface area contributed by atoms with Crippen LogP contribution in [0.15, 0.2) is 54.6 Å². The van der Waals surface area contributed by atoms with Crippen LogP contribution in [-0.2, 0) is 4.79 Å². The van der Waals surface area contributed by atoms with Crippen molar-refractivity contribution in [2.45, 2.75) is 26.3 Å². The molecule has 0 aliphatic carbocycles. The van der Waals surface area contributed by atoms with Gasteiger partial charge in [0.1, 0.15) is 11.5 Å². The van der Waals surface area contributed by atoms with Crippen molar-refractivity contribution >= 4 is 5.91 Å². The lowest BCUT2D eigenvalue weighted by Gasteiger charge is -2.14. The number of carbonyl (C=O) groups is 1. The van der Waals surface area contributed by atoms with E-state index in [1.54, 1.807) is 12.1 Å². The van der Waals surface area contributed by atoms with Gasteiger partial charge in [-0.2, -0.15) is 0 Å². The highest BCUT2D eigenvalue weighted by Crippen LogP contribution is 2.18. The molecule has 2 aromatic carbocycles. The van der Waals surface area contributed by atoms with Gasteiger partial charge in [0.15, 0.2) is 6.61 Å². The minimum Gasteiger partial charge on any atom is -0.494 e. The van der Waals surface area contributed by atoms with Crippen LogP contribution in [0.4, 0.5) is 0 Å². The van der Waals surface area contributed by atoms with E-state index in [0.717, 1.165) is 17.7 Å². The quantitative estimate of drug-likeness (QED) is 0.808. The first kappa shape index (κ1) is 16.9. The Kier molecular flexibility index (Phi) is 6.48. The molecule has 1 atom stereocenters. The Labute approximate surface area is 137 Å². The van der Waals surface area contributed by atoms with Crippen LogP contribution < -0.4 is 14.8 Å². The predicted octanol–water partition coefficient (Wildman–Crippen LogP) is 3.73. The number of benzene rings is 2. The molecule has 0 aromatic heterocycles. The molecule has 4 nitrogen and oxygen atoms in total. The van der Waals surface area contributed by atoms with E-state index in [4.69, 9.17) is 9.47 Å². The van der Waals surface area contributed by atoms with Crippen molar-refractivity contribution < 1.29 is 14.3 Å². The van der Waals surface area contributed by atoms with E-state index in [1.165, 1.54) is 0 Å². The van der Waals surface area contributed by atoms with Crippen molar-refractivity contribution in [2.24, 2.45) is 0 Å². The molecular formula is C19H23NO3. The highest BCUT2D eigenvalue weighted by molar-refractivity contribution is 5.78. The highest BCUT2D eigenvalue weighted by atomic mass is 16.5. The summed E-state index contributed by atoms with van der Waals surface area (Å²) in [5, 5.41) is 2.92. The molecule has 0 heterocycles. The topological polar surface area (TPSA) is 47.6 Å². The molecule has 0 fully saturated rings. The molecule has 0 saturated heterocycles. The van der Waals surface area contributed by atoms with Gasteiger partial charge in [-0.25, -0.2) is 0 Å². The first-order valence-electron chi connectivity index (χ1n) is 7.89. The van der Waals surface area contributed by atoms with Gasteiger partial charge in [-0.1, -0.05) is 37.3 Å². The van der Waals surface area contributed by atoms with Crippen LogP contribution in [0.2, 0.25) is 0 Å². The first-order valence-corrected chi connectivity index (χ1v) is 7.89. The summed E-state index contributed by atoms with van der Waals surface area (Å²) >= 11 is 0. The van der Waals surface area contributed by atoms with Crippen molar-refractivity contribution in [3.05, 3.63) is 60.2 Å². The molecule has 2 aromatic rings. The fourth-order valence-electron chi connectivity index (χ4n) is 2.11. The third-order valence-electron chi connectivity index (χ3n) is 3.34. The van der Waals surface area contributed by atoms with E-state index >= 15 is 0 Å². The van der Waals surface area contributed by atoms with E-state index in [0.29, 0.717) is 12.4 Å². The van der Waals surface area contributed by atoms with Crippen LogP contribution in [0.1, 0.15) is 31.9 Å². The molecule has 122 valence electrons. The largest absolute Gasteiger partial charge is 0.494 e. The van der Waals surface area contributed by atoms with Gasteiger partial charge in [-0.05, 0) is 43.2 Å². The van der Waals surface area contributed by atoms with Gasteiger partial charge in [0.2, 0.25) is 0 Å². The van der Waals surface area contributed by atoms with Crippen LogP contribution in [0.3, 0.4) is 0 Å². The molecule has 1 N–H and O–H groups in total. The minimum absolute atomic E-state index is 0.00760. The van der Waals surface area contributed by atoms with Crippen molar-refractivity contribution in [3.63, 3.8) is 0 Å². The Bertz CT molecular complexity index is 596. The Morgan fingerprint density at radius 3 is 2.22 bits per heavy atom. The van der Waals surface area contributed by atoms with E-state index in [-0.39, 0.29) is 18.6 Å². The molecule has 23 heavy (non-hydrogen) atoms. The fourth-order valence-corrected chi connectivity index (χ4v) is 2.11. The fraction of sp³-hybridized carbons (Fsp3) is 0.316. The summed E-state index contributed by atoms with van der Waals surface area (Å²) in [6.07, 6.45) is 0.970. The molecule has 0 aliphatic heterocycles. The van der Waals surface area contributed by atoms with E-state index in [2.05, 4.69) is 12.2 Å². The van der Waals surface area contributed by atoms with Gasteiger partial charge in [0, 0.05) is 0 Å². The third-order valence-corrected chi connectivity index (χ3v) is 3.34. The second kappa shape index (κ2) is 8.83. The summed E-state index contributed by atoms with van der Waals surface area (Å²) in [6.45, 7) is 4.70. The molecule has 1 amide bonds.